The van der Waals surface area contributed by atoms with Crippen molar-refractivity contribution >= 4 is 11.8 Å². The minimum atomic E-state index is -0.845. The lowest BCUT2D eigenvalue weighted by Gasteiger charge is -2.15. The number of aryl methyl sites for hydroxylation is 1. The number of carbonyl (C=O) groups is 2. The van der Waals surface area contributed by atoms with Gasteiger partial charge in [0.25, 0.3) is 0 Å². The molecule has 2 fully saturated rings. The van der Waals surface area contributed by atoms with E-state index >= 15 is 0 Å². The van der Waals surface area contributed by atoms with Crippen molar-refractivity contribution in [3.05, 3.63) is 41.2 Å². The Bertz CT molecular complexity index is 909. The van der Waals surface area contributed by atoms with Gasteiger partial charge in [0.1, 0.15) is 5.78 Å². The Kier molecular flexibility index (Phi) is 6.83. The summed E-state index contributed by atoms with van der Waals surface area (Å²) in [6.45, 7) is 1.55. The Morgan fingerprint density at radius 1 is 1.13 bits per heavy atom. The van der Waals surface area contributed by atoms with Crippen LogP contribution in [0, 0.1) is 5.92 Å². The van der Waals surface area contributed by atoms with Gasteiger partial charge in [-0.2, -0.15) is 0 Å². The van der Waals surface area contributed by atoms with Gasteiger partial charge in [0.2, 0.25) is 0 Å². The van der Waals surface area contributed by atoms with Gasteiger partial charge < -0.3 is 9.90 Å². The van der Waals surface area contributed by atoms with Crippen molar-refractivity contribution in [1.82, 2.24) is 15.0 Å². The molecule has 1 aromatic carbocycles. The topological polar surface area (TPSA) is 85.1 Å². The van der Waals surface area contributed by atoms with E-state index in [4.69, 9.17) is 5.11 Å². The highest BCUT2D eigenvalue weighted by Crippen LogP contribution is 2.44. The summed E-state index contributed by atoms with van der Waals surface area (Å²) in [4.78, 5) is 23.0. The average molecular weight is 424 g/mol. The Hall–Kier alpha value is -2.50. The SMILES string of the molecule is CC(=O)C[C@H](CCC(=O)O)c1nnn(-c2ccc(CCC3CCCC3)cc2)c1C1CC1. The number of rotatable bonds is 11. The molecule has 1 heterocycles. The molecule has 0 amide bonds. The molecule has 0 aliphatic heterocycles. The van der Waals surface area contributed by atoms with Crippen LogP contribution in [0.15, 0.2) is 24.3 Å². The zero-order valence-electron chi connectivity index (χ0n) is 18.4. The summed E-state index contributed by atoms with van der Waals surface area (Å²) in [6.07, 6.45) is 10.9. The lowest BCUT2D eigenvalue weighted by molar-refractivity contribution is -0.137. The van der Waals surface area contributed by atoms with Gasteiger partial charge in [-0.25, -0.2) is 4.68 Å². The van der Waals surface area contributed by atoms with E-state index in [1.807, 2.05) is 4.68 Å². The van der Waals surface area contributed by atoms with E-state index in [0.717, 1.165) is 42.3 Å². The number of carboxylic acids is 1. The Morgan fingerprint density at radius 3 is 2.45 bits per heavy atom. The minimum absolute atomic E-state index is 0.0323. The molecule has 2 aliphatic carbocycles. The molecule has 1 aromatic heterocycles. The van der Waals surface area contributed by atoms with Crippen LogP contribution < -0.4 is 0 Å². The number of ketones is 1. The van der Waals surface area contributed by atoms with Gasteiger partial charge in [0.05, 0.1) is 17.1 Å². The molecular weight excluding hydrogens is 390 g/mol. The molecule has 31 heavy (non-hydrogen) atoms. The number of benzene rings is 1. The minimum Gasteiger partial charge on any atom is -0.481 e. The van der Waals surface area contributed by atoms with Gasteiger partial charge in [-0.15, -0.1) is 5.10 Å². The molecule has 1 N–H and O–H groups in total. The van der Waals surface area contributed by atoms with Crippen LogP contribution in [0.4, 0.5) is 0 Å². The maximum absolute atomic E-state index is 11.8. The van der Waals surface area contributed by atoms with Crippen LogP contribution in [0.5, 0.6) is 0 Å². The smallest absolute Gasteiger partial charge is 0.303 e. The first-order valence-electron chi connectivity index (χ1n) is 11.8. The molecule has 4 rings (SSSR count). The van der Waals surface area contributed by atoms with E-state index in [1.165, 1.54) is 37.7 Å². The zero-order valence-corrected chi connectivity index (χ0v) is 18.4. The predicted octanol–water partition coefficient (Wildman–Crippen LogP) is 5.20. The van der Waals surface area contributed by atoms with E-state index in [0.29, 0.717) is 18.8 Å². The Labute approximate surface area is 184 Å². The Balaban J connectivity index is 1.53. The molecule has 2 aliphatic rings. The van der Waals surface area contributed by atoms with Crippen LogP contribution in [0.2, 0.25) is 0 Å². The van der Waals surface area contributed by atoms with Gasteiger partial charge in [-0.3, -0.25) is 4.79 Å². The molecule has 0 spiro atoms. The molecule has 166 valence electrons. The normalized spacial score (nSPS) is 17.7. The summed E-state index contributed by atoms with van der Waals surface area (Å²) in [5.74, 6) is 0.304. The van der Waals surface area contributed by atoms with Crippen molar-refractivity contribution in [1.29, 1.82) is 0 Å². The van der Waals surface area contributed by atoms with E-state index in [1.54, 1.807) is 6.92 Å². The van der Waals surface area contributed by atoms with Crippen LogP contribution in [0.25, 0.3) is 5.69 Å². The third-order valence-electron chi connectivity index (χ3n) is 6.82. The molecule has 0 saturated heterocycles. The monoisotopic (exact) mass is 423 g/mol. The standard InChI is InChI=1S/C25H33N3O3/c1-17(29)16-21(12-15-23(30)31)24-25(20-10-11-20)28(27-26-24)22-13-8-19(9-14-22)7-6-18-4-2-3-5-18/h8-9,13-14,18,20-21H,2-7,10-12,15-16H2,1H3,(H,30,31)/t21-/m0/s1. The summed E-state index contributed by atoms with van der Waals surface area (Å²) in [5.41, 5.74) is 4.23. The molecule has 6 heteroatoms. The number of aliphatic carboxylic acids is 1. The largest absolute Gasteiger partial charge is 0.481 e. The fraction of sp³-hybridized carbons (Fsp3) is 0.600. The summed E-state index contributed by atoms with van der Waals surface area (Å²) in [6, 6.07) is 8.62. The summed E-state index contributed by atoms with van der Waals surface area (Å²) in [7, 11) is 0. The second kappa shape index (κ2) is 9.75. The van der Waals surface area contributed by atoms with Crippen molar-refractivity contribution in [3.8, 4) is 5.69 Å². The second-order valence-electron chi connectivity index (χ2n) is 9.44. The van der Waals surface area contributed by atoms with Gasteiger partial charge in [0.15, 0.2) is 0 Å². The quantitative estimate of drug-likeness (QED) is 0.537. The predicted molar refractivity (Wildman–Crippen MR) is 119 cm³/mol. The van der Waals surface area contributed by atoms with E-state index in [-0.39, 0.29) is 18.1 Å². The lowest BCUT2D eigenvalue weighted by atomic mass is 9.91. The van der Waals surface area contributed by atoms with E-state index in [9.17, 15) is 9.59 Å². The second-order valence-corrected chi connectivity index (χ2v) is 9.44. The van der Waals surface area contributed by atoms with Crippen LogP contribution in [-0.2, 0) is 16.0 Å². The fourth-order valence-corrected chi connectivity index (χ4v) is 4.97. The van der Waals surface area contributed by atoms with Crippen LogP contribution in [0.1, 0.15) is 99.9 Å². The molecule has 0 bridgehead atoms. The van der Waals surface area contributed by atoms with E-state index < -0.39 is 5.97 Å². The number of Topliss-reactive ketones (excluding diaryl/α,β-unsaturated/α-hetero) is 1. The highest BCUT2D eigenvalue weighted by atomic mass is 16.4. The first-order chi connectivity index (χ1) is 15.0. The van der Waals surface area contributed by atoms with Gasteiger partial charge in [0, 0.05) is 24.7 Å². The van der Waals surface area contributed by atoms with Crippen molar-refractivity contribution in [2.75, 3.05) is 0 Å². The van der Waals surface area contributed by atoms with Crippen molar-refractivity contribution < 1.29 is 14.7 Å². The van der Waals surface area contributed by atoms with Gasteiger partial charge in [-0.1, -0.05) is 43.0 Å². The summed E-state index contributed by atoms with van der Waals surface area (Å²) < 4.78 is 1.92. The first kappa shape index (κ1) is 21.7. The van der Waals surface area contributed by atoms with Gasteiger partial charge in [-0.05, 0) is 62.6 Å². The highest BCUT2D eigenvalue weighted by molar-refractivity contribution is 5.76. The van der Waals surface area contributed by atoms with Crippen molar-refractivity contribution in [2.45, 2.75) is 89.4 Å². The Morgan fingerprint density at radius 2 is 1.84 bits per heavy atom. The van der Waals surface area contributed by atoms with Crippen LogP contribution >= 0.6 is 0 Å². The molecule has 6 nitrogen and oxygen atoms in total. The average Bonchev–Trinajstić information content (AvgIpc) is 3.26. The van der Waals surface area contributed by atoms with Crippen molar-refractivity contribution in [3.63, 3.8) is 0 Å². The van der Waals surface area contributed by atoms with Crippen LogP contribution in [-0.4, -0.2) is 31.9 Å². The third-order valence-corrected chi connectivity index (χ3v) is 6.82. The number of nitrogens with zero attached hydrogens (tertiary/aromatic N) is 3. The zero-order chi connectivity index (χ0) is 21.8. The molecule has 2 aromatic rings. The van der Waals surface area contributed by atoms with Crippen LogP contribution in [0.3, 0.4) is 0 Å². The molecular formula is C25H33N3O3. The molecule has 0 radical (unpaired) electrons. The van der Waals surface area contributed by atoms with Gasteiger partial charge >= 0.3 is 5.97 Å². The summed E-state index contributed by atoms with van der Waals surface area (Å²) in [5, 5.41) is 18.0. The van der Waals surface area contributed by atoms with Crippen molar-refractivity contribution in [2.24, 2.45) is 5.92 Å². The molecule has 1 atom stereocenters. The maximum atomic E-state index is 11.8. The number of aromatic nitrogens is 3. The highest BCUT2D eigenvalue weighted by Gasteiger charge is 2.34. The lowest BCUT2D eigenvalue weighted by Crippen LogP contribution is -2.11. The molecule has 2 saturated carbocycles. The number of carboxylic acid groups (broad SMARTS) is 1. The fourth-order valence-electron chi connectivity index (χ4n) is 4.97. The number of hydrogen-bond acceptors (Lipinski definition) is 4. The van der Waals surface area contributed by atoms with E-state index in [2.05, 4.69) is 34.6 Å². The number of carbonyl (C=O) groups excluding carboxylic acids is 1. The number of hydrogen-bond donors (Lipinski definition) is 1. The molecule has 0 unspecified atom stereocenters. The first-order valence-corrected chi connectivity index (χ1v) is 11.8. The maximum Gasteiger partial charge on any atom is 0.303 e. The third kappa shape index (κ3) is 5.60. The summed E-state index contributed by atoms with van der Waals surface area (Å²) >= 11 is 0.